The number of allylic oxidation sites excluding steroid dienone is 2. The van der Waals surface area contributed by atoms with Crippen LogP contribution in [0.15, 0.2) is 12.2 Å². The Balaban J connectivity index is 1.73. The quantitative estimate of drug-likeness (QED) is 0.00886. The summed E-state index contributed by atoms with van der Waals surface area (Å²) in [7, 11) is -5.70. The maximum atomic E-state index is 14.4. The van der Waals surface area contributed by atoms with Gasteiger partial charge >= 0.3 is 25.7 Å². The first-order valence-electron chi connectivity index (χ1n) is 39.4. The summed E-state index contributed by atoms with van der Waals surface area (Å²) in [6, 6.07) is 0. The van der Waals surface area contributed by atoms with E-state index in [1.165, 1.54) is 148 Å². The highest BCUT2D eigenvalue weighted by Gasteiger charge is 2.58. The molecule has 11 N–H and O–H groups in total. The van der Waals surface area contributed by atoms with Gasteiger partial charge in [-0.1, -0.05) is 258 Å². The van der Waals surface area contributed by atoms with Crippen LogP contribution in [-0.2, 0) is 61.2 Å². The summed E-state index contributed by atoms with van der Waals surface area (Å²) in [5.41, 5.74) is 0. The molecule has 1 aliphatic carbocycles. The monoisotopic (exact) mass is 1450 g/mol. The number of rotatable bonds is 61. The van der Waals surface area contributed by atoms with Crippen molar-refractivity contribution >= 4 is 25.7 Å². The summed E-state index contributed by atoms with van der Waals surface area (Å²) in [5.74, 6) is -1.30. The van der Waals surface area contributed by atoms with Crippen LogP contribution in [0.2, 0.25) is 0 Å². The van der Waals surface area contributed by atoms with E-state index in [4.69, 9.17) is 42.2 Å². The molecule has 24 nitrogen and oxygen atoms in total. The first-order valence-corrected chi connectivity index (χ1v) is 40.9. The van der Waals surface area contributed by atoms with Crippen molar-refractivity contribution in [2.24, 2.45) is 5.92 Å². The van der Waals surface area contributed by atoms with Crippen LogP contribution in [0.4, 0.5) is 0 Å². The number of hydrogen-bond acceptors (Lipinski definition) is 23. The summed E-state index contributed by atoms with van der Waals surface area (Å²) in [5, 5.41) is 110. The van der Waals surface area contributed by atoms with Gasteiger partial charge in [0.2, 0.25) is 0 Å². The molecule has 3 rings (SSSR count). The summed E-state index contributed by atoms with van der Waals surface area (Å²) in [6.45, 7) is 5.78. The summed E-state index contributed by atoms with van der Waals surface area (Å²) < 4.78 is 65.1. The van der Waals surface area contributed by atoms with Crippen molar-refractivity contribution < 1.29 is 117 Å². The Morgan fingerprint density at radius 1 is 0.410 bits per heavy atom. The van der Waals surface area contributed by atoms with Crippen molar-refractivity contribution in [3.05, 3.63) is 12.2 Å². The van der Waals surface area contributed by atoms with E-state index >= 15 is 0 Å². The van der Waals surface area contributed by atoms with E-state index in [1.54, 1.807) is 0 Å². The van der Waals surface area contributed by atoms with Crippen molar-refractivity contribution in [1.29, 1.82) is 0 Å². The summed E-state index contributed by atoms with van der Waals surface area (Å²) >= 11 is 0. The SMILES string of the molecule is CCCCCCCCC/C=C\CCCCCC(=O)OC(COC(=O)CCCCCCCCC(C)CCCCCCCC)COP(=O)(O)OC1C(OC2OC(CO)C(O)C(O)C2O)C(O)C(O)C(O)C1OC1OC(COC(=O)CCCCCCCCCCCCCCCCC)C(O)C(O)C1O. The molecule has 2 aliphatic heterocycles. The lowest BCUT2D eigenvalue weighted by atomic mass is 9.84. The topological polar surface area (TPSA) is 374 Å². The highest BCUT2D eigenvalue weighted by atomic mass is 31.2. The molecule has 19 unspecified atom stereocenters. The zero-order chi connectivity index (χ0) is 73.3. The van der Waals surface area contributed by atoms with Crippen molar-refractivity contribution in [3.63, 3.8) is 0 Å². The summed E-state index contributed by atoms with van der Waals surface area (Å²) in [6.07, 6.45) is 14.1. The molecule has 19 atom stereocenters. The van der Waals surface area contributed by atoms with Gasteiger partial charge in [0.1, 0.15) is 98.7 Å². The highest BCUT2D eigenvalue weighted by Crippen LogP contribution is 2.49. The number of carbonyl (C=O) groups excluding carboxylic acids is 3. The van der Waals surface area contributed by atoms with Crippen LogP contribution < -0.4 is 0 Å². The van der Waals surface area contributed by atoms with Gasteiger partial charge in [-0.3, -0.25) is 23.4 Å². The van der Waals surface area contributed by atoms with Gasteiger partial charge in [-0.2, -0.15) is 0 Å². The Morgan fingerprint density at radius 3 is 1.19 bits per heavy atom. The van der Waals surface area contributed by atoms with Gasteiger partial charge in [-0.25, -0.2) is 4.57 Å². The van der Waals surface area contributed by atoms with Crippen LogP contribution in [0.1, 0.15) is 310 Å². The van der Waals surface area contributed by atoms with E-state index in [9.17, 15) is 74.9 Å². The van der Waals surface area contributed by atoms with Crippen molar-refractivity contribution in [2.75, 3.05) is 26.4 Å². The second-order valence-electron chi connectivity index (χ2n) is 28.7. The van der Waals surface area contributed by atoms with Gasteiger partial charge in [-0.15, -0.1) is 0 Å². The Morgan fingerprint density at radius 2 is 0.760 bits per heavy atom. The molecular formula is C75H139O24P. The number of phosphoric ester groups is 1. The molecule has 0 radical (unpaired) electrons. The van der Waals surface area contributed by atoms with Crippen LogP contribution in [0.5, 0.6) is 0 Å². The van der Waals surface area contributed by atoms with Gasteiger partial charge in [0.05, 0.1) is 13.2 Å². The molecule has 2 saturated heterocycles. The lowest BCUT2D eigenvalue weighted by molar-refractivity contribution is -0.360. The third kappa shape index (κ3) is 38.8. The fourth-order valence-corrected chi connectivity index (χ4v) is 14.1. The average Bonchev–Trinajstić information content (AvgIpc) is 0.762. The van der Waals surface area contributed by atoms with Crippen LogP contribution in [0, 0.1) is 5.92 Å². The van der Waals surface area contributed by atoms with Crippen molar-refractivity contribution in [2.45, 2.75) is 414 Å². The predicted octanol–water partition coefficient (Wildman–Crippen LogP) is 11.4. The summed E-state index contributed by atoms with van der Waals surface area (Å²) in [4.78, 5) is 51.1. The van der Waals surface area contributed by atoms with Crippen LogP contribution >= 0.6 is 7.82 Å². The Labute approximate surface area is 599 Å². The molecule has 0 aromatic carbocycles. The van der Waals surface area contributed by atoms with E-state index < -0.39 is 156 Å². The minimum absolute atomic E-state index is 0.0318. The lowest BCUT2D eigenvalue weighted by Gasteiger charge is -2.49. The van der Waals surface area contributed by atoms with Gasteiger partial charge < -0.3 is 89.1 Å². The van der Waals surface area contributed by atoms with Crippen LogP contribution in [-0.4, -0.2) is 204 Å². The smallest absolute Gasteiger partial charge is 0.463 e. The largest absolute Gasteiger partial charge is 0.472 e. The fraction of sp³-hybridized carbons (Fsp3) is 0.933. The van der Waals surface area contributed by atoms with Gasteiger partial charge in [0, 0.05) is 19.3 Å². The predicted molar refractivity (Wildman–Crippen MR) is 379 cm³/mol. The van der Waals surface area contributed by atoms with Gasteiger partial charge in [0.15, 0.2) is 18.7 Å². The number of aliphatic hydroxyl groups is 10. The molecule has 3 aliphatic rings. The van der Waals surface area contributed by atoms with E-state index in [0.29, 0.717) is 31.6 Å². The molecular weight excluding hydrogens is 1320 g/mol. The Bertz CT molecular complexity index is 2130. The first-order chi connectivity index (χ1) is 48.2. The molecule has 0 amide bonds. The average molecular weight is 1460 g/mol. The van der Waals surface area contributed by atoms with E-state index in [-0.39, 0.29) is 19.3 Å². The van der Waals surface area contributed by atoms with Crippen molar-refractivity contribution in [3.8, 4) is 0 Å². The standard InChI is InChI=1S/C75H139O24P/c1-5-8-11-14-17-19-21-23-25-27-28-30-32-38-44-49-60(78)92-54-58-63(81)65(83)70(88)75(96-58)98-72-68(86)66(84)67(85)71(97-74-69(87)64(82)62(80)57(51-76)95-74)73(72)99-100(89,90)93-53-56(94-61(79)50-45-40-33-31-29-26-24-22-20-18-15-12-9-6-2)52-91-59(77)48-43-39-35-34-37-42-47-55(4)46-41-36-16-13-10-7-3/h26,29,55-58,62-76,80-88H,5-25,27-28,30-54H2,1-4H3,(H,89,90)/b29-26-. The Kier molecular flexibility index (Phi) is 51.5. The molecule has 100 heavy (non-hydrogen) atoms. The number of aliphatic hydroxyl groups excluding tert-OH is 10. The second-order valence-corrected chi connectivity index (χ2v) is 30.1. The number of esters is 3. The molecule has 1 saturated carbocycles. The van der Waals surface area contributed by atoms with E-state index in [2.05, 4.69) is 39.8 Å². The number of phosphoric acid groups is 1. The fourth-order valence-electron chi connectivity index (χ4n) is 13.2. The maximum absolute atomic E-state index is 14.4. The highest BCUT2D eigenvalue weighted by molar-refractivity contribution is 7.47. The number of hydrogen-bond donors (Lipinski definition) is 11. The molecule has 3 fully saturated rings. The van der Waals surface area contributed by atoms with Crippen LogP contribution in [0.3, 0.4) is 0 Å². The normalized spacial score (nSPS) is 27.7. The van der Waals surface area contributed by atoms with Gasteiger partial charge in [0.25, 0.3) is 0 Å². The van der Waals surface area contributed by atoms with E-state index in [0.717, 1.165) is 89.9 Å². The molecule has 588 valence electrons. The number of unbranched alkanes of at least 4 members (excludes halogenated alkanes) is 34. The Hall–Kier alpha value is -2.30. The molecule has 0 bridgehead atoms. The van der Waals surface area contributed by atoms with E-state index in [1.807, 2.05) is 0 Å². The lowest BCUT2D eigenvalue weighted by Crippen LogP contribution is -2.69. The van der Waals surface area contributed by atoms with Gasteiger partial charge in [-0.05, 0) is 50.9 Å². The first kappa shape index (κ1) is 91.9. The molecule has 0 aromatic heterocycles. The number of carbonyl (C=O) groups is 3. The molecule has 0 aromatic rings. The van der Waals surface area contributed by atoms with Crippen molar-refractivity contribution in [1.82, 2.24) is 0 Å². The third-order valence-electron chi connectivity index (χ3n) is 19.7. The maximum Gasteiger partial charge on any atom is 0.472 e. The number of ether oxygens (including phenoxy) is 7. The third-order valence-corrected chi connectivity index (χ3v) is 20.7. The molecule has 25 heteroatoms. The molecule has 2 heterocycles. The zero-order valence-corrected chi connectivity index (χ0v) is 62.6. The van der Waals surface area contributed by atoms with Crippen LogP contribution in [0.25, 0.3) is 0 Å². The second kappa shape index (κ2) is 56.1. The minimum atomic E-state index is -5.70. The zero-order valence-electron chi connectivity index (χ0n) is 61.7. The minimum Gasteiger partial charge on any atom is -0.463 e. The molecule has 0 spiro atoms.